The Balaban J connectivity index is 0.00000172. The molecule has 39 heavy (non-hydrogen) atoms. The molecule has 0 aromatic heterocycles. The number of rotatable bonds is 10. The Morgan fingerprint density at radius 1 is 0.821 bits per heavy atom. The largest absolute Gasteiger partial charge is 0.369 e. The summed E-state index contributed by atoms with van der Waals surface area (Å²) in [4.78, 5) is 5.00. The van der Waals surface area contributed by atoms with E-state index in [1.165, 1.54) is 11.4 Å². The third-order valence-corrected chi connectivity index (χ3v) is 7.72. The van der Waals surface area contributed by atoms with E-state index in [9.17, 15) is 8.78 Å². The van der Waals surface area contributed by atoms with Gasteiger partial charge in [-0.3, -0.25) is 4.90 Å². The molecular weight excluding hydrogens is 512 g/mol. The minimum Gasteiger partial charge on any atom is -0.369 e. The van der Waals surface area contributed by atoms with Crippen LogP contribution in [-0.2, 0) is 6.54 Å². The molecule has 5 rings (SSSR count). The molecule has 0 unspecified atom stereocenters. The van der Waals surface area contributed by atoms with Gasteiger partial charge in [-0.05, 0) is 47.3 Å². The standard InChI is InChI=1S/C29H31F2N5S.C2H6/c30-29(31)28-21-27(32-33-28)24-13-11-23(12-14-24)22-36(26-9-5-2-6-10-26)37-20-19-34-15-17-35(18-16-34)25-7-3-1-4-8-25;1-2/h1-14,29H,15-22H2;1-2H3. The zero-order valence-corrected chi connectivity index (χ0v) is 23.5. The van der Waals surface area contributed by atoms with Gasteiger partial charge in [0.2, 0.25) is 0 Å². The first-order valence-corrected chi connectivity index (χ1v) is 14.6. The van der Waals surface area contributed by atoms with Gasteiger partial charge in [-0.2, -0.15) is 10.2 Å². The SMILES string of the molecule is CC.FC(F)C1=NN=C(c2ccc(CN(SCCN3CCN(c4ccccc4)CC3)c3ccccc3)cc2)C1. The van der Waals surface area contributed by atoms with Crippen LogP contribution in [0.25, 0.3) is 0 Å². The fourth-order valence-electron chi connectivity index (χ4n) is 4.57. The first kappa shape index (κ1) is 28.8. The fourth-order valence-corrected chi connectivity index (χ4v) is 5.64. The Labute approximate surface area is 235 Å². The number of anilines is 2. The number of halogens is 2. The highest BCUT2D eigenvalue weighted by atomic mass is 32.2. The number of piperazine rings is 1. The Bertz CT molecular complexity index is 1190. The van der Waals surface area contributed by atoms with Crippen LogP contribution >= 0.6 is 11.9 Å². The lowest BCUT2D eigenvalue weighted by molar-refractivity contribution is 0.224. The van der Waals surface area contributed by atoms with Crippen LogP contribution < -0.4 is 9.21 Å². The lowest BCUT2D eigenvalue weighted by atomic mass is 10.0. The molecule has 0 atom stereocenters. The number of benzene rings is 3. The molecule has 3 aromatic carbocycles. The molecule has 0 saturated carbocycles. The third-order valence-electron chi connectivity index (χ3n) is 6.71. The predicted octanol–water partition coefficient (Wildman–Crippen LogP) is 7.00. The van der Waals surface area contributed by atoms with Crippen molar-refractivity contribution in [3.63, 3.8) is 0 Å². The highest BCUT2D eigenvalue weighted by Gasteiger charge is 2.22. The van der Waals surface area contributed by atoms with E-state index in [2.05, 4.69) is 91.0 Å². The molecule has 0 bridgehead atoms. The summed E-state index contributed by atoms with van der Waals surface area (Å²) in [6, 6.07) is 29.1. The van der Waals surface area contributed by atoms with Crippen LogP contribution in [0.4, 0.5) is 20.2 Å². The summed E-state index contributed by atoms with van der Waals surface area (Å²) in [6.07, 6.45) is -2.44. The van der Waals surface area contributed by atoms with E-state index in [0.717, 1.165) is 56.1 Å². The van der Waals surface area contributed by atoms with E-state index in [1.54, 1.807) is 0 Å². The molecule has 0 radical (unpaired) electrons. The number of hydrogen-bond donors (Lipinski definition) is 0. The van der Waals surface area contributed by atoms with Gasteiger partial charge >= 0.3 is 0 Å². The normalized spacial score (nSPS) is 15.5. The average Bonchev–Trinajstić information content (AvgIpc) is 3.50. The third kappa shape index (κ3) is 8.13. The van der Waals surface area contributed by atoms with Crippen LogP contribution in [0.3, 0.4) is 0 Å². The molecule has 5 nitrogen and oxygen atoms in total. The molecule has 206 valence electrons. The predicted molar refractivity (Wildman–Crippen MR) is 163 cm³/mol. The van der Waals surface area contributed by atoms with Crippen molar-refractivity contribution in [1.82, 2.24) is 4.90 Å². The van der Waals surface area contributed by atoms with E-state index in [-0.39, 0.29) is 12.1 Å². The van der Waals surface area contributed by atoms with E-state index in [1.807, 2.05) is 44.0 Å². The smallest absolute Gasteiger partial charge is 0.278 e. The Morgan fingerprint density at radius 2 is 1.46 bits per heavy atom. The van der Waals surface area contributed by atoms with Crippen LogP contribution in [0.1, 0.15) is 31.4 Å². The van der Waals surface area contributed by atoms with Gasteiger partial charge in [0.15, 0.2) is 0 Å². The molecule has 2 aliphatic rings. The lowest BCUT2D eigenvalue weighted by Crippen LogP contribution is -2.47. The lowest BCUT2D eigenvalue weighted by Gasteiger charge is -2.36. The maximum Gasteiger partial charge on any atom is 0.278 e. The molecule has 1 fully saturated rings. The molecule has 3 aromatic rings. The topological polar surface area (TPSA) is 34.4 Å². The minimum atomic E-state index is -2.55. The fraction of sp³-hybridized carbons (Fsp3) is 0.355. The van der Waals surface area contributed by atoms with Gasteiger partial charge in [0.25, 0.3) is 6.43 Å². The number of hydrogen-bond acceptors (Lipinski definition) is 6. The first-order chi connectivity index (χ1) is 19.2. The molecule has 2 aliphatic heterocycles. The van der Waals surface area contributed by atoms with E-state index < -0.39 is 6.43 Å². The summed E-state index contributed by atoms with van der Waals surface area (Å²) >= 11 is 1.85. The zero-order valence-electron chi connectivity index (χ0n) is 22.7. The monoisotopic (exact) mass is 549 g/mol. The second-order valence-corrected chi connectivity index (χ2v) is 10.3. The molecule has 8 heteroatoms. The summed E-state index contributed by atoms with van der Waals surface area (Å²) in [5.74, 6) is 1.00. The summed E-state index contributed by atoms with van der Waals surface area (Å²) in [6.45, 7) is 10.0. The summed E-state index contributed by atoms with van der Waals surface area (Å²) < 4.78 is 28.1. The van der Waals surface area contributed by atoms with Crippen LogP contribution in [-0.4, -0.2) is 61.2 Å². The molecular formula is C31H37F2N5S. The van der Waals surface area contributed by atoms with Crippen molar-refractivity contribution in [2.45, 2.75) is 33.2 Å². The molecule has 0 amide bonds. The second-order valence-electron chi connectivity index (χ2n) is 9.18. The van der Waals surface area contributed by atoms with Gasteiger partial charge < -0.3 is 9.21 Å². The average molecular weight is 550 g/mol. The van der Waals surface area contributed by atoms with Gasteiger partial charge in [-0.1, -0.05) is 74.5 Å². The van der Waals surface area contributed by atoms with Crippen LogP contribution in [0.15, 0.2) is 95.1 Å². The van der Waals surface area contributed by atoms with E-state index in [4.69, 9.17) is 0 Å². The van der Waals surface area contributed by atoms with Crippen molar-refractivity contribution >= 4 is 34.7 Å². The number of para-hydroxylation sites is 2. The Hall–Kier alpha value is -3.23. The van der Waals surface area contributed by atoms with Gasteiger partial charge in [-0.15, -0.1) is 0 Å². The van der Waals surface area contributed by atoms with Crippen molar-refractivity contribution < 1.29 is 8.78 Å². The quantitative estimate of drug-likeness (QED) is 0.255. The molecule has 0 spiro atoms. The van der Waals surface area contributed by atoms with Gasteiger partial charge in [0.1, 0.15) is 5.71 Å². The summed E-state index contributed by atoms with van der Waals surface area (Å²) in [5, 5.41) is 7.59. The second kappa shape index (κ2) is 14.8. The van der Waals surface area contributed by atoms with Crippen molar-refractivity contribution in [3.8, 4) is 0 Å². The molecule has 0 aliphatic carbocycles. The summed E-state index contributed by atoms with van der Waals surface area (Å²) in [5.41, 5.74) is 4.91. The van der Waals surface area contributed by atoms with E-state index >= 15 is 0 Å². The van der Waals surface area contributed by atoms with E-state index in [0.29, 0.717) is 5.71 Å². The maximum absolute atomic E-state index is 12.9. The Kier molecular flexibility index (Phi) is 10.9. The van der Waals surface area contributed by atoms with Crippen LogP contribution in [0.5, 0.6) is 0 Å². The van der Waals surface area contributed by atoms with Crippen LogP contribution in [0.2, 0.25) is 0 Å². The van der Waals surface area contributed by atoms with Crippen molar-refractivity contribution in [2.24, 2.45) is 10.2 Å². The van der Waals surface area contributed by atoms with Crippen molar-refractivity contribution in [2.75, 3.05) is 47.7 Å². The maximum atomic E-state index is 12.9. The Morgan fingerprint density at radius 3 is 2.08 bits per heavy atom. The molecule has 0 N–H and O–H groups in total. The van der Waals surface area contributed by atoms with Gasteiger partial charge in [0, 0.05) is 56.3 Å². The highest BCUT2D eigenvalue weighted by Crippen LogP contribution is 2.26. The minimum absolute atomic E-state index is 0.114. The van der Waals surface area contributed by atoms with Gasteiger partial charge in [0.05, 0.1) is 12.3 Å². The summed E-state index contributed by atoms with van der Waals surface area (Å²) in [7, 11) is 0. The zero-order chi connectivity index (χ0) is 27.5. The first-order valence-electron chi connectivity index (χ1n) is 13.6. The number of nitrogens with zero attached hydrogens (tertiary/aromatic N) is 5. The van der Waals surface area contributed by atoms with Crippen molar-refractivity contribution in [3.05, 3.63) is 96.1 Å². The molecule has 2 heterocycles. The molecule has 1 saturated heterocycles. The number of alkyl halides is 2. The highest BCUT2D eigenvalue weighted by molar-refractivity contribution is 8.00. The van der Waals surface area contributed by atoms with Crippen molar-refractivity contribution in [1.29, 1.82) is 0 Å². The van der Waals surface area contributed by atoms with Crippen LogP contribution in [0, 0.1) is 0 Å². The van der Waals surface area contributed by atoms with Gasteiger partial charge in [-0.25, -0.2) is 8.78 Å².